The van der Waals surface area contributed by atoms with Gasteiger partial charge in [0.1, 0.15) is 11.3 Å². The first kappa shape index (κ1) is 17.3. The van der Waals surface area contributed by atoms with E-state index in [2.05, 4.69) is 20.9 Å². The van der Waals surface area contributed by atoms with Gasteiger partial charge in [-0.2, -0.15) is 0 Å². The molecule has 0 N–H and O–H groups in total. The number of para-hydroxylation sites is 1. The molecule has 0 spiro atoms. The number of benzene rings is 2. The van der Waals surface area contributed by atoms with Gasteiger partial charge in [-0.05, 0) is 36.4 Å². The predicted molar refractivity (Wildman–Crippen MR) is 104 cm³/mol. The van der Waals surface area contributed by atoms with E-state index in [9.17, 15) is 0 Å². The molecule has 0 amide bonds. The number of rotatable bonds is 5. The van der Waals surface area contributed by atoms with Crippen molar-refractivity contribution in [1.29, 1.82) is 0 Å². The Morgan fingerprint density at radius 2 is 1.68 bits per heavy atom. The Kier molecular flexibility index (Phi) is 5.24. The number of nitrogens with zero attached hydrogens (tertiary/aromatic N) is 1. The average molecular weight is 400 g/mol. The topological polar surface area (TPSA) is 40.6 Å². The number of pyridine rings is 1. The minimum absolute atomic E-state index is 0.671. The van der Waals surface area contributed by atoms with Gasteiger partial charge in [0.15, 0.2) is 11.5 Å². The first-order valence-electron chi connectivity index (χ1n) is 7.69. The quantitative estimate of drug-likeness (QED) is 0.591. The Balaban J connectivity index is 2.02. The monoisotopic (exact) mass is 399 g/mol. The maximum Gasteiger partial charge on any atom is 0.167 e. The van der Waals surface area contributed by atoms with E-state index in [1.165, 1.54) is 0 Å². The second-order valence-electron chi connectivity index (χ2n) is 5.33. The summed E-state index contributed by atoms with van der Waals surface area (Å²) in [5.74, 6) is 2.11. The lowest BCUT2D eigenvalue weighted by Gasteiger charge is -2.11. The standard InChI is InChI=1S/C20H18BrNO3/c1-23-17-6-4-5-13-7-9-16(22-19(13)17)10-8-14-11-15(21)12-18(24-2)20(14)25-3/h4-12H,1-3H3. The lowest BCUT2D eigenvalue weighted by molar-refractivity contribution is 0.354. The van der Waals surface area contributed by atoms with Gasteiger partial charge in [-0.25, -0.2) is 4.98 Å². The molecule has 4 nitrogen and oxygen atoms in total. The van der Waals surface area contributed by atoms with Crippen LogP contribution >= 0.6 is 15.9 Å². The minimum atomic E-state index is 0.671. The van der Waals surface area contributed by atoms with E-state index in [0.717, 1.165) is 32.4 Å². The van der Waals surface area contributed by atoms with Crippen molar-refractivity contribution in [3.05, 3.63) is 58.2 Å². The van der Waals surface area contributed by atoms with Crippen LogP contribution in [0, 0.1) is 0 Å². The van der Waals surface area contributed by atoms with Gasteiger partial charge in [0.25, 0.3) is 0 Å². The zero-order valence-corrected chi connectivity index (χ0v) is 15.8. The highest BCUT2D eigenvalue weighted by molar-refractivity contribution is 9.10. The lowest BCUT2D eigenvalue weighted by Crippen LogP contribution is -1.93. The zero-order valence-electron chi connectivity index (χ0n) is 14.2. The molecule has 0 fully saturated rings. The molecule has 25 heavy (non-hydrogen) atoms. The highest BCUT2D eigenvalue weighted by Crippen LogP contribution is 2.35. The molecule has 128 valence electrons. The first-order chi connectivity index (χ1) is 12.2. The van der Waals surface area contributed by atoms with Gasteiger partial charge >= 0.3 is 0 Å². The van der Waals surface area contributed by atoms with Crippen molar-refractivity contribution in [2.24, 2.45) is 0 Å². The summed E-state index contributed by atoms with van der Waals surface area (Å²) in [4.78, 5) is 4.69. The van der Waals surface area contributed by atoms with Gasteiger partial charge in [0, 0.05) is 15.4 Å². The van der Waals surface area contributed by atoms with Crippen molar-refractivity contribution in [3.8, 4) is 17.2 Å². The number of hydrogen-bond donors (Lipinski definition) is 0. The average Bonchev–Trinajstić information content (AvgIpc) is 2.65. The molecule has 0 aliphatic heterocycles. The Bertz CT molecular complexity index is 938. The van der Waals surface area contributed by atoms with Gasteiger partial charge < -0.3 is 14.2 Å². The molecular weight excluding hydrogens is 382 g/mol. The van der Waals surface area contributed by atoms with Crippen molar-refractivity contribution < 1.29 is 14.2 Å². The third kappa shape index (κ3) is 3.61. The van der Waals surface area contributed by atoms with Crippen LogP contribution < -0.4 is 14.2 Å². The van der Waals surface area contributed by atoms with E-state index in [1.54, 1.807) is 21.3 Å². The van der Waals surface area contributed by atoms with E-state index >= 15 is 0 Å². The SMILES string of the molecule is COc1cc(Br)cc(C=Cc2ccc3cccc(OC)c3n2)c1OC. The highest BCUT2D eigenvalue weighted by Gasteiger charge is 2.10. The summed E-state index contributed by atoms with van der Waals surface area (Å²) in [6, 6.07) is 13.7. The normalized spacial score (nSPS) is 11.0. The second kappa shape index (κ2) is 7.57. The van der Waals surface area contributed by atoms with Crippen LogP contribution in [0.25, 0.3) is 23.1 Å². The Morgan fingerprint density at radius 3 is 2.40 bits per heavy atom. The fraction of sp³-hybridized carbons (Fsp3) is 0.150. The zero-order chi connectivity index (χ0) is 17.8. The van der Waals surface area contributed by atoms with Crippen LogP contribution in [0.15, 0.2) is 46.9 Å². The second-order valence-corrected chi connectivity index (χ2v) is 6.25. The maximum atomic E-state index is 5.48. The summed E-state index contributed by atoms with van der Waals surface area (Å²) in [6.45, 7) is 0. The Morgan fingerprint density at radius 1 is 0.880 bits per heavy atom. The third-order valence-electron chi connectivity index (χ3n) is 3.83. The Labute approximate surface area is 155 Å². The molecule has 0 atom stereocenters. The van der Waals surface area contributed by atoms with Crippen molar-refractivity contribution >= 4 is 39.0 Å². The molecular formula is C20H18BrNO3. The van der Waals surface area contributed by atoms with Gasteiger partial charge in [-0.15, -0.1) is 0 Å². The van der Waals surface area contributed by atoms with Crippen LogP contribution in [-0.2, 0) is 0 Å². The van der Waals surface area contributed by atoms with Crippen molar-refractivity contribution in [3.63, 3.8) is 0 Å². The molecule has 5 heteroatoms. The molecule has 1 heterocycles. The first-order valence-corrected chi connectivity index (χ1v) is 8.49. The number of ether oxygens (including phenoxy) is 3. The van der Waals surface area contributed by atoms with Gasteiger partial charge in [0.2, 0.25) is 0 Å². The molecule has 0 aliphatic rings. The van der Waals surface area contributed by atoms with Crippen LogP contribution in [0.1, 0.15) is 11.3 Å². The molecule has 0 unspecified atom stereocenters. The smallest absolute Gasteiger partial charge is 0.167 e. The fourth-order valence-corrected chi connectivity index (χ4v) is 3.10. The van der Waals surface area contributed by atoms with E-state index in [-0.39, 0.29) is 0 Å². The predicted octanol–water partition coefficient (Wildman–Crippen LogP) is 5.19. The summed E-state index contributed by atoms with van der Waals surface area (Å²) >= 11 is 3.49. The van der Waals surface area contributed by atoms with Gasteiger partial charge in [-0.3, -0.25) is 0 Å². The third-order valence-corrected chi connectivity index (χ3v) is 4.29. The van der Waals surface area contributed by atoms with Crippen molar-refractivity contribution in [2.45, 2.75) is 0 Å². The summed E-state index contributed by atoms with van der Waals surface area (Å²) in [5, 5.41) is 1.04. The summed E-state index contributed by atoms with van der Waals surface area (Å²) < 4.78 is 17.2. The fourth-order valence-electron chi connectivity index (χ4n) is 2.65. The maximum absolute atomic E-state index is 5.48. The number of methoxy groups -OCH3 is 3. The van der Waals surface area contributed by atoms with E-state index in [4.69, 9.17) is 14.2 Å². The molecule has 3 aromatic rings. The molecule has 1 aromatic heterocycles. The van der Waals surface area contributed by atoms with E-state index in [0.29, 0.717) is 11.5 Å². The van der Waals surface area contributed by atoms with Crippen LogP contribution in [-0.4, -0.2) is 26.3 Å². The van der Waals surface area contributed by atoms with E-state index < -0.39 is 0 Å². The van der Waals surface area contributed by atoms with Gasteiger partial charge in [-0.1, -0.05) is 34.1 Å². The molecule has 0 saturated heterocycles. The molecule has 2 aromatic carbocycles. The van der Waals surface area contributed by atoms with Crippen molar-refractivity contribution in [2.75, 3.05) is 21.3 Å². The summed E-state index contributed by atoms with van der Waals surface area (Å²) in [7, 11) is 4.90. The minimum Gasteiger partial charge on any atom is -0.494 e. The molecule has 3 rings (SSSR count). The summed E-state index contributed by atoms with van der Waals surface area (Å²) in [5.41, 5.74) is 2.57. The summed E-state index contributed by atoms with van der Waals surface area (Å²) in [6.07, 6.45) is 3.89. The molecule has 0 bridgehead atoms. The van der Waals surface area contributed by atoms with Crippen LogP contribution in [0.4, 0.5) is 0 Å². The van der Waals surface area contributed by atoms with E-state index in [1.807, 2.05) is 54.6 Å². The van der Waals surface area contributed by atoms with Crippen LogP contribution in [0.3, 0.4) is 0 Å². The highest BCUT2D eigenvalue weighted by atomic mass is 79.9. The number of fused-ring (bicyclic) bond motifs is 1. The number of halogens is 1. The number of hydrogen-bond acceptors (Lipinski definition) is 4. The van der Waals surface area contributed by atoms with Crippen LogP contribution in [0.5, 0.6) is 17.2 Å². The molecule has 0 aliphatic carbocycles. The van der Waals surface area contributed by atoms with Crippen LogP contribution in [0.2, 0.25) is 0 Å². The van der Waals surface area contributed by atoms with Gasteiger partial charge in [0.05, 0.1) is 27.0 Å². The number of aromatic nitrogens is 1. The van der Waals surface area contributed by atoms with Crippen molar-refractivity contribution in [1.82, 2.24) is 4.98 Å². The largest absolute Gasteiger partial charge is 0.494 e. The lowest BCUT2D eigenvalue weighted by atomic mass is 10.1. The Hall–Kier alpha value is -2.53. The molecule has 0 saturated carbocycles. The molecule has 0 radical (unpaired) electrons.